The van der Waals surface area contributed by atoms with Gasteiger partial charge < -0.3 is 0 Å². The van der Waals surface area contributed by atoms with Gasteiger partial charge in [-0.1, -0.05) is 68.4 Å². The summed E-state index contributed by atoms with van der Waals surface area (Å²) in [5, 5.41) is 0.817. The second-order valence-electron chi connectivity index (χ2n) is 8.07. The van der Waals surface area contributed by atoms with Crippen LogP contribution in [0.5, 0.6) is 0 Å². The molecule has 3 aromatic rings. The number of aryl methyl sites for hydroxylation is 4. The molecule has 0 aliphatic carbocycles. The van der Waals surface area contributed by atoms with E-state index in [0.717, 1.165) is 51.5 Å². The first-order chi connectivity index (χ1) is 14.8. The van der Waals surface area contributed by atoms with E-state index in [1.165, 1.54) is 5.56 Å². The van der Waals surface area contributed by atoms with Gasteiger partial charge in [0.1, 0.15) is 0 Å². The molecule has 0 saturated carbocycles. The topological polar surface area (TPSA) is 34.1 Å². The number of benzene rings is 3. The van der Waals surface area contributed by atoms with Crippen LogP contribution in [-0.2, 0) is 12.8 Å². The van der Waals surface area contributed by atoms with Crippen molar-refractivity contribution < 1.29 is 9.59 Å². The van der Waals surface area contributed by atoms with Crippen LogP contribution in [0.2, 0.25) is 0 Å². The number of carbonyl (C=O) groups excluding carboxylic acids is 2. The Bertz CT molecular complexity index is 1110. The average Bonchev–Trinajstić information content (AvgIpc) is 2.77. The Balaban J connectivity index is 2.25. The number of hydrogen-bond acceptors (Lipinski definition) is 2. The van der Waals surface area contributed by atoms with Crippen LogP contribution in [0.1, 0.15) is 67.9 Å². The van der Waals surface area contributed by atoms with Crippen LogP contribution in [0, 0.1) is 27.7 Å². The molecule has 1 atom stereocenters. The van der Waals surface area contributed by atoms with E-state index in [1.54, 1.807) is 0 Å². The molecule has 0 saturated heterocycles. The lowest BCUT2D eigenvalue weighted by molar-refractivity contribution is 0.105. The van der Waals surface area contributed by atoms with E-state index >= 15 is 0 Å². The van der Waals surface area contributed by atoms with E-state index in [2.05, 4.69) is 33.8 Å². The highest BCUT2D eigenvalue weighted by Gasteiger charge is 2.34. The molecule has 0 N–H and O–H groups in total. The minimum atomic E-state index is -1.71. The van der Waals surface area contributed by atoms with Crippen LogP contribution in [0.4, 0.5) is 0 Å². The fourth-order valence-electron chi connectivity index (χ4n) is 4.26. The van der Waals surface area contributed by atoms with Gasteiger partial charge in [-0.3, -0.25) is 9.59 Å². The molecule has 0 aromatic heterocycles. The van der Waals surface area contributed by atoms with Crippen LogP contribution in [-0.4, -0.2) is 11.0 Å². The lowest BCUT2D eigenvalue weighted by atomic mass is 9.95. The fraction of sp³-hybridized carbons (Fsp3) is 0.286. The van der Waals surface area contributed by atoms with Gasteiger partial charge in [0.15, 0.2) is 11.0 Å². The molecule has 0 spiro atoms. The van der Waals surface area contributed by atoms with Crippen molar-refractivity contribution in [3.05, 3.63) is 99.1 Å². The van der Waals surface area contributed by atoms with Crippen molar-refractivity contribution in [2.45, 2.75) is 54.4 Å². The minimum absolute atomic E-state index is 0.0301. The maximum Gasteiger partial charge on any atom is 0.197 e. The molecule has 0 amide bonds. The smallest absolute Gasteiger partial charge is 0.197 e. The van der Waals surface area contributed by atoms with E-state index in [0.29, 0.717) is 5.56 Å². The van der Waals surface area contributed by atoms with Crippen LogP contribution in [0.25, 0.3) is 0 Å². The molecule has 31 heavy (non-hydrogen) atoms. The summed E-state index contributed by atoms with van der Waals surface area (Å²) in [6.07, 6.45) is 1.53. The van der Waals surface area contributed by atoms with Gasteiger partial charge in [0, 0.05) is 11.1 Å². The zero-order valence-corrected chi connectivity index (χ0v) is 20.3. The molecule has 2 nitrogen and oxygen atoms in total. The van der Waals surface area contributed by atoms with Crippen molar-refractivity contribution in [3.8, 4) is 0 Å². The summed E-state index contributed by atoms with van der Waals surface area (Å²) in [7, 11) is -1.71. The molecule has 0 radical (unpaired) electrons. The minimum Gasteiger partial charge on any atom is -0.288 e. The van der Waals surface area contributed by atoms with Gasteiger partial charge in [0.05, 0.1) is 7.92 Å². The third-order valence-corrected chi connectivity index (χ3v) is 8.28. The standard InChI is InChI=1S/C28H31O2P/c1-7-22-13-12-14-23(8-2)26(22)28(30)31(24-15-10-9-11-16-24)27(29)25-19(4)17-18(3)20(5)21(25)6/h9-17H,7-8H2,1-6H3. The normalized spacial score (nSPS) is 11.9. The highest BCUT2D eigenvalue weighted by Crippen LogP contribution is 2.45. The van der Waals surface area contributed by atoms with Crippen LogP contribution >= 0.6 is 7.92 Å². The Labute approximate surface area is 187 Å². The number of rotatable bonds is 7. The molecule has 0 fully saturated rings. The SMILES string of the molecule is CCc1cccc(CC)c1C(=O)P(C(=O)c1c(C)cc(C)c(C)c1C)c1ccccc1. The Hall–Kier alpha value is -2.57. The maximum atomic E-state index is 14.1. The first-order valence-electron chi connectivity index (χ1n) is 10.9. The van der Waals surface area contributed by atoms with E-state index in [-0.39, 0.29) is 11.0 Å². The summed E-state index contributed by atoms with van der Waals surface area (Å²) in [5.74, 6) is 0. The first-order valence-corrected chi connectivity index (χ1v) is 12.3. The molecule has 0 heterocycles. The van der Waals surface area contributed by atoms with Gasteiger partial charge in [0.25, 0.3) is 0 Å². The lowest BCUT2D eigenvalue weighted by Crippen LogP contribution is -2.20. The number of carbonyl (C=O) groups is 2. The summed E-state index contributed by atoms with van der Waals surface area (Å²) in [6, 6.07) is 17.7. The molecule has 3 rings (SSSR count). The molecule has 160 valence electrons. The third kappa shape index (κ3) is 4.41. The lowest BCUT2D eigenvalue weighted by Gasteiger charge is -2.22. The maximum absolute atomic E-state index is 14.1. The second kappa shape index (κ2) is 9.71. The van der Waals surface area contributed by atoms with Gasteiger partial charge in [0.2, 0.25) is 0 Å². The monoisotopic (exact) mass is 430 g/mol. The van der Waals surface area contributed by atoms with Crippen LogP contribution in [0.15, 0.2) is 54.6 Å². The Kier molecular flexibility index (Phi) is 7.23. The molecule has 3 heteroatoms. The summed E-state index contributed by atoms with van der Waals surface area (Å²) in [4.78, 5) is 28.2. The molecule has 0 aliphatic rings. The van der Waals surface area contributed by atoms with Gasteiger partial charge in [-0.25, -0.2) is 0 Å². The fourth-order valence-corrected chi connectivity index (χ4v) is 6.46. The molecular weight excluding hydrogens is 399 g/mol. The highest BCUT2D eigenvalue weighted by molar-refractivity contribution is 7.96. The molecule has 3 aromatic carbocycles. The van der Waals surface area contributed by atoms with E-state index in [4.69, 9.17) is 0 Å². The van der Waals surface area contributed by atoms with Crippen molar-refractivity contribution in [2.75, 3.05) is 0 Å². The summed E-state index contributed by atoms with van der Waals surface area (Å²) >= 11 is 0. The van der Waals surface area contributed by atoms with Crippen molar-refractivity contribution in [1.82, 2.24) is 0 Å². The van der Waals surface area contributed by atoms with E-state index in [9.17, 15) is 9.59 Å². The van der Waals surface area contributed by atoms with E-state index < -0.39 is 7.92 Å². The molecule has 1 unspecified atom stereocenters. The Morgan fingerprint density at radius 2 is 1.23 bits per heavy atom. The van der Waals surface area contributed by atoms with E-state index in [1.807, 2.05) is 62.4 Å². The Morgan fingerprint density at radius 1 is 0.677 bits per heavy atom. The predicted molar refractivity (Wildman–Crippen MR) is 132 cm³/mol. The van der Waals surface area contributed by atoms with Gasteiger partial charge in [-0.05, 0) is 79.2 Å². The highest BCUT2D eigenvalue weighted by atomic mass is 31.1. The summed E-state index contributed by atoms with van der Waals surface area (Å²) in [6.45, 7) is 12.2. The zero-order valence-electron chi connectivity index (χ0n) is 19.4. The van der Waals surface area contributed by atoms with Crippen LogP contribution < -0.4 is 5.30 Å². The average molecular weight is 431 g/mol. The summed E-state index contributed by atoms with van der Waals surface area (Å²) < 4.78 is 0. The van der Waals surface area contributed by atoms with Gasteiger partial charge >= 0.3 is 0 Å². The third-order valence-electron chi connectivity index (χ3n) is 6.20. The molecular formula is C28H31O2P. The molecule has 0 aliphatic heterocycles. The summed E-state index contributed by atoms with van der Waals surface area (Å²) in [5.41, 5.74) is 7.64. The second-order valence-corrected chi connectivity index (χ2v) is 10.1. The van der Waals surface area contributed by atoms with Gasteiger partial charge in [-0.15, -0.1) is 0 Å². The molecule has 0 bridgehead atoms. The predicted octanol–water partition coefficient (Wildman–Crippen LogP) is 6.83. The largest absolute Gasteiger partial charge is 0.288 e. The van der Waals surface area contributed by atoms with Crippen molar-refractivity contribution in [1.29, 1.82) is 0 Å². The van der Waals surface area contributed by atoms with Crippen molar-refractivity contribution in [2.24, 2.45) is 0 Å². The first kappa shape index (κ1) is 23.1. The quantitative estimate of drug-likeness (QED) is 0.385. The van der Waals surface area contributed by atoms with Crippen LogP contribution in [0.3, 0.4) is 0 Å². The van der Waals surface area contributed by atoms with Gasteiger partial charge in [-0.2, -0.15) is 0 Å². The van der Waals surface area contributed by atoms with Crippen molar-refractivity contribution >= 4 is 24.3 Å². The Morgan fingerprint density at radius 3 is 1.77 bits per heavy atom. The van der Waals surface area contributed by atoms with Crippen molar-refractivity contribution in [3.63, 3.8) is 0 Å². The number of hydrogen-bond donors (Lipinski definition) is 0. The zero-order chi connectivity index (χ0) is 22.7.